The number of carbonyl (C=O) groups excluding carboxylic acids is 1. The van der Waals surface area contributed by atoms with E-state index in [4.69, 9.17) is 15.2 Å². The number of nitrogen functional groups attached to an aromatic ring is 1. The molecule has 0 fully saturated rings. The van der Waals surface area contributed by atoms with Crippen LogP contribution in [-0.4, -0.2) is 12.7 Å². The van der Waals surface area contributed by atoms with E-state index in [1.54, 1.807) is 6.07 Å². The Morgan fingerprint density at radius 3 is 2.67 bits per heavy atom. The van der Waals surface area contributed by atoms with Gasteiger partial charge in [-0.3, -0.25) is 4.79 Å². The van der Waals surface area contributed by atoms with Gasteiger partial charge in [0.2, 0.25) is 6.79 Å². The molecule has 2 aromatic carbocycles. The zero-order chi connectivity index (χ0) is 15.0. The molecule has 1 heterocycles. The molecule has 0 bridgehead atoms. The fourth-order valence-electron chi connectivity index (χ4n) is 1.95. The minimum Gasteiger partial charge on any atom is -0.454 e. The van der Waals surface area contributed by atoms with Gasteiger partial charge in [-0.05, 0) is 24.3 Å². The van der Waals surface area contributed by atoms with Crippen LogP contribution in [0.3, 0.4) is 0 Å². The Labute approximate surface area is 118 Å². The maximum atomic E-state index is 13.6. The topological polar surface area (TPSA) is 73.6 Å². The van der Waals surface area contributed by atoms with Gasteiger partial charge < -0.3 is 20.5 Å². The lowest BCUT2D eigenvalue weighted by Gasteiger charge is -2.10. The SMILES string of the molecule is Nc1cc(F)cc(F)c1NC(=O)c1ccc2c(c1)OCO2. The van der Waals surface area contributed by atoms with Gasteiger partial charge in [0.05, 0.1) is 5.69 Å². The number of anilines is 2. The van der Waals surface area contributed by atoms with Crippen LogP contribution in [0.4, 0.5) is 20.2 Å². The maximum absolute atomic E-state index is 13.6. The van der Waals surface area contributed by atoms with Gasteiger partial charge in [-0.15, -0.1) is 0 Å². The molecule has 1 aliphatic heterocycles. The van der Waals surface area contributed by atoms with Crippen LogP contribution >= 0.6 is 0 Å². The first-order chi connectivity index (χ1) is 10.0. The molecule has 3 rings (SSSR count). The Balaban J connectivity index is 1.87. The molecule has 0 saturated heterocycles. The van der Waals surface area contributed by atoms with Gasteiger partial charge in [0.15, 0.2) is 17.3 Å². The summed E-state index contributed by atoms with van der Waals surface area (Å²) < 4.78 is 36.9. The molecule has 3 N–H and O–H groups in total. The largest absolute Gasteiger partial charge is 0.454 e. The van der Waals surface area contributed by atoms with Crippen LogP contribution in [0.2, 0.25) is 0 Å². The molecule has 0 spiro atoms. The molecule has 0 aliphatic carbocycles. The highest BCUT2D eigenvalue weighted by Gasteiger charge is 2.18. The molecule has 7 heteroatoms. The first-order valence-corrected chi connectivity index (χ1v) is 6.00. The Kier molecular flexibility index (Phi) is 3.09. The van der Waals surface area contributed by atoms with Crippen molar-refractivity contribution < 1.29 is 23.0 Å². The van der Waals surface area contributed by atoms with Gasteiger partial charge in [0.25, 0.3) is 5.91 Å². The molecule has 0 aromatic heterocycles. The van der Waals surface area contributed by atoms with E-state index in [1.807, 2.05) is 0 Å². The summed E-state index contributed by atoms with van der Waals surface area (Å²) in [5.74, 6) is -1.40. The predicted molar refractivity (Wildman–Crippen MR) is 71.3 cm³/mol. The van der Waals surface area contributed by atoms with Crippen molar-refractivity contribution in [3.8, 4) is 11.5 Å². The second-order valence-electron chi connectivity index (χ2n) is 4.37. The average Bonchev–Trinajstić information content (AvgIpc) is 2.89. The van der Waals surface area contributed by atoms with Crippen LogP contribution in [0.15, 0.2) is 30.3 Å². The number of hydrogen-bond acceptors (Lipinski definition) is 4. The molecule has 1 amide bonds. The number of carbonyl (C=O) groups is 1. The van der Waals surface area contributed by atoms with E-state index < -0.39 is 17.5 Å². The van der Waals surface area contributed by atoms with Crippen LogP contribution in [0, 0.1) is 11.6 Å². The molecule has 5 nitrogen and oxygen atoms in total. The number of nitrogens with one attached hydrogen (secondary N) is 1. The third-order valence-electron chi connectivity index (χ3n) is 2.96. The second-order valence-corrected chi connectivity index (χ2v) is 4.37. The van der Waals surface area contributed by atoms with Crippen molar-refractivity contribution in [2.24, 2.45) is 0 Å². The molecule has 0 atom stereocenters. The van der Waals surface area contributed by atoms with Gasteiger partial charge in [0.1, 0.15) is 11.5 Å². The van der Waals surface area contributed by atoms with Crippen molar-refractivity contribution in [2.45, 2.75) is 0 Å². The Bertz CT molecular complexity index is 711. The summed E-state index contributed by atoms with van der Waals surface area (Å²) in [4.78, 5) is 12.1. The smallest absolute Gasteiger partial charge is 0.255 e. The van der Waals surface area contributed by atoms with Gasteiger partial charge in [-0.25, -0.2) is 8.78 Å². The second kappa shape index (κ2) is 4.93. The molecular weight excluding hydrogens is 282 g/mol. The average molecular weight is 292 g/mol. The summed E-state index contributed by atoms with van der Waals surface area (Å²) in [6.07, 6.45) is 0. The van der Waals surface area contributed by atoms with E-state index in [1.165, 1.54) is 12.1 Å². The standard InChI is InChI=1S/C14H10F2N2O3/c15-8-4-9(16)13(10(17)5-8)18-14(19)7-1-2-11-12(3-7)21-6-20-11/h1-5H,6,17H2,(H,18,19). The highest BCUT2D eigenvalue weighted by Crippen LogP contribution is 2.33. The minimum absolute atomic E-state index is 0.0833. The number of nitrogens with two attached hydrogens (primary N) is 1. The molecule has 0 unspecified atom stereocenters. The summed E-state index contributed by atoms with van der Waals surface area (Å²) in [7, 11) is 0. The van der Waals surface area contributed by atoms with Gasteiger partial charge >= 0.3 is 0 Å². The predicted octanol–water partition coefficient (Wildman–Crippen LogP) is 2.53. The molecule has 2 aromatic rings. The summed E-state index contributed by atoms with van der Waals surface area (Å²) >= 11 is 0. The lowest BCUT2D eigenvalue weighted by atomic mass is 10.1. The zero-order valence-electron chi connectivity index (χ0n) is 10.7. The summed E-state index contributed by atoms with van der Waals surface area (Å²) in [5.41, 5.74) is 5.28. The molecule has 1 aliphatic rings. The van der Waals surface area contributed by atoms with E-state index in [0.29, 0.717) is 17.6 Å². The van der Waals surface area contributed by atoms with Gasteiger partial charge in [-0.1, -0.05) is 0 Å². The number of halogens is 2. The molecule has 21 heavy (non-hydrogen) atoms. The number of ether oxygens (including phenoxy) is 2. The van der Waals surface area contributed by atoms with E-state index in [9.17, 15) is 13.6 Å². The van der Waals surface area contributed by atoms with Crippen molar-refractivity contribution >= 4 is 17.3 Å². The van der Waals surface area contributed by atoms with E-state index in [-0.39, 0.29) is 23.7 Å². The van der Waals surface area contributed by atoms with Crippen LogP contribution in [0.1, 0.15) is 10.4 Å². The van der Waals surface area contributed by atoms with Crippen molar-refractivity contribution in [3.05, 3.63) is 47.5 Å². The van der Waals surface area contributed by atoms with Gasteiger partial charge in [0, 0.05) is 11.6 Å². The Morgan fingerprint density at radius 1 is 1.14 bits per heavy atom. The third-order valence-corrected chi connectivity index (χ3v) is 2.96. The van der Waals surface area contributed by atoms with Crippen molar-refractivity contribution in [3.63, 3.8) is 0 Å². The van der Waals surface area contributed by atoms with Crippen molar-refractivity contribution in [2.75, 3.05) is 17.8 Å². The van der Waals surface area contributed by atoms with E-state index in [2.05, 4.69) is 5.32 Å². The zero-order valence-corrected chi connectivity index (χ0v) is 10.7. The van der Waals surface area contributed by atoms with Crippen LogP contribution in [0.25, 0.3) is 0 Å². The minimum atomic E-state index is -0.943. The van der Waals surface area contributed by atoms with Gasteiger partial charge in [-0.2, -0.15) is 0 Å². The number of rotatable bonds is 2. The molecule has 0 radical (unpaired) electrons. The fraction of sp³-hybridized carbons (Fsp3) is 0.0714. The summed E-state index contributed by atoms with van der Waals surface area (Å²) in [6.45, 7) is 0.0833. The van der Waals surface area contributed by atoms with E-state index >= 15 is 0 Å². The van der Waals surface area contributed by atoms with Crippen LogP contribution in [0.5, 0.6) is 11.5 Å². The lowest BCUT2D eigenvalue weighted by Crippen LogP contribution is -2.14. The van der Waals surface area contributed by atoms with Crippen molar-refractivity contribution in [1.82, 2.24) is 0 Å². The normalized spacial score (nSPS) is 12.3. The van der Waals surface area contributed by atoms with E-state index in [0.717, 1.165) is 6.07 Å². The third kappa shape index (κ3) is 2.45. The fourth-order valence-corrected chi connectivity index (χ4v) is 1.95. The lowest BCUT2D eigenvalue weighted by molar-refractivity contribution is 0.102. The number of hydrogen-bond donors (Lipinski definition) is 2. The van der Waals surface area contributed by atoms with Crippen LogP contribution in [-0.2, 0) is 0 Å². The highest BCUT2D eigenvalue weighted by molar-refractivity contribution is 6.06. The summed E-state index contributed by atoms with van der Waals surface area (Å²) in [5, 5.41) is 2.31. The quantitative estimate of drug-likeness (QED) is 0.834. The summed E-state index contributed by atoms with van der Waals surface area (Å²) in [6, 6.07) is 6.11. The maximum Gasteiger partial charge on any atom is 0.255 e. The number of benzene rings is 2. The first-order valence-electron chi connectivity index (χ1n) is 6.00. The molecule has 0 saturated carbocycles. The monoisotopic (exact) mass is 292 g/mol. The number of amides is 1. The highest BCUT2D eigenvalue weighted by atomic mass is 19.1. The van der Waals surface area contributed by atoms with Crippen molar-refractivity contribution in [1.29, 1.82) is 0 Å². The Morgan fingerprint density at radius 2 is 1.90 bits per heavy atom. The first kappa shape index (κ1) is 13.2. The van der Waals surface area contributed by atoms with Crippen LogP contribution < -0.4 is 20.5 Å². The molecular formula is C14H10F2N2O3. The Hall–Kier alpha value is -2.83. The number of fused-ring (bicyclic) bond motifs is 1. The molecule has 108 valence electrons.